The number of fused-ring (bicyclic) bond motifs is 1. The maximum absolute atomic E-state index is 12.5. The summed E-state index contributed by atoms with van der Waals surface area (Å²) < 4.78 is 25.4. The van der Waals surface area contributed by atoms with Gasteiger partial charge in [-0.2, -0.15) is 0 Å². The van der Waals surface area contributed by atoms with Gasteiger partial charge >= 0.3 is 0 Å². The van der Waals surface area contributed by atoms with Crippen molar-refractivity contribution in [2.75, 3.05) is 37.3 Å². The number of hydrogen-bond donors (Lipinski definition) is 0. The second kappa shape index (κ2) is 7.05. The molecule has 6 nitrogen and oxygen atoms in total. The minimum Gasteiger partial charge on any atom is -0.345 e. The Balaban J connectivity index is 1.52. The highest BCUT2D eigenvalue weighted by molar-refractivity contribution is 7.91. The summed E-state index contributed by atoms with van der Waals surface area (Å²) in [6.45, 7) is 2.48. The minimum atomic E-state index is -3.33. The molecule has 0 N–H and O–H groups in total. The number of carbonyl (C=O) groups is 1. The fraction of sp³-hybridized carbons (Fsp3) is 0.294. The van der Waals surface area contributed by atoms with Crippen molar-refractivity contribution in [2.24, 2.45) is 0 Å². The maximum atomic E-state index is 12.5. The predicted molar refractivity (Wildman–Crippen MR) is 110 cm³/mol. The van der Waals surface area contributed by atoms with E-state index in [9.17, 15) is 13.2 Å². The number of aromatic nitrogens is 1. The van der Waals surface area contributed by atoms with E-state index in [0.29, 0.717) is 40.9 Å². The van der Waals surface area contributed by atoms with Crippen molar-refractivity contribution >= 4 is 65.4 Å². The van der Waals surface area contributed by atoms with Crippen molar-refractivity contribution in [3.05, 3.63) is 39.5 Å². The van der Waals surface area contributed by atoms with Gasteiger partial charge in [0.15, 0.2) is 15.0 Å². The molecule has 1 aliphatic rings. The average Bonchev–Trinajstić information content (AvgIpc) is 3.26. The summed E-state index contributed by atoms with van der Waals surface area (Å²) >= 11 is 8.68. The lowest BCUT2D eigenvalue weighted by atomic mass is 10.3. The Morgan fingerprint density at radius 2 is 1.85 bits per heavy atom. The molecule has 2 aromatic heterocycles. The lowest BCUT2D eigenvalue weighted by molar-refractivity contribution is 0.0751. The lowest BCUT2D eigenvalue weighted by Crippen LogP contribution is -2.48. The van der Waals surface area contributed by atoms with Crippen LogP contribution >= 0.6 is 34.3 Å². The Labute approximate surface area is 169 Å². The van der Waals surface area contributed by atoms with Gasteiger partial charge in [0, 0.05) is 32.4 Å². The van der Waals surface area contributed by atoms with E-state index >= 15 is 0 Å². The topological polar surface area (TPSA) is 70.6 Å². The monoisotopic (exact) mass is 441 g/mol. The van der Waals surface area contributed by atoms with Gasteiger partial charge in [-0.3, -0.25) is 4.79 Å². The largest absolute Gasteiger partial charge is 0.345 e. The Morgan fingerprint density at radius 1 is 1.11 bits per heavy atom. The van der Waals surface area contributed by atoms with Crippen LogP contribution in [0.15, 0.2) is 35.2 Å². The number of nitrogens with zero attached hydrogens (tertiary/aromatic N) is 3. The van der Waals surface area contributed by atoms with E-state index < -0.39 is 9.84 Å². The van der Waals surface area contributed by atoms with E-state index in [-0.39, 0.29) is 10.8 Å². The lowest BCUT2D eigenvalue weighted by Gasteiger charge is -2.34. The number of thiazole rings is 1. The molecule has 142 valence electrons. The number of hydrogen-bond acceptors (Lipinski definition) is 7. The number of halogens is 1. The molecule has 4 rings (SSSR count). The first-order valence-electron chi connectivity index (χ1n) is 8.22. The summed E-state index contributed by atoms with van der Waals surface area (Å²) in [4.78, 5) is 21.9. The maximum Gasteiger partial charge on any atom is 0.264 e. The van der Waals surface area contributed by atoms with Gasteiger partial charge in [-0.1, -0.05) is 29.0 Å². The fourth-order valence-corrected chi connectivity index (χ4v) is 5.98. The summed E-state index contributed by atoms with van der Waals surface area (Å²) in [6, 6.07) is 8.69. The van der Waals surface area contributed by atoms with E-state index in [1.54, 1.807) is 24.3 Å². The van der Waals surface area contributed by atoms with Crippen LogP contribution in [0, 0.1) is 0 Å². The van der Waals surface area contributed by atoms with E-state index in [0.717, 1.165) is 9.83 Å². The van der Waals surface area contributed by atoms with Crippen LogP contribution in [0.4, 0.5) is 5.13 Å². The summed E-state index contributed by atoms with van der Waals surface area (Å²) in [5.41, 5.74) is 0.520. The van der Waals surface area contributed by atoms with Crippen LogP contribution in [0.2, 0.25) is 4.34 Å². The Hall–Kier alpha value is -1.68. The molecular formula is C17H16ClN3O3S3. The van der Waals surface area contributed by atoms with Crippen LogP contribution in [0.5, 0.6) is 0 Å². The van der Waals surface area contributed by atoms with Gasteiger partial charge < -0.3 is 9.80 Å². The summed E-state index contributed by atoms with van der Waals surface area (Å²) in [5.74, 6) is -0.00443. The number of carbonyl (C=O) groups excluding carboxylic acids is 1. The molecule has 0 radical (unpaired) electrons. The van der Waals surface area contributed by atoms with Gasteiger partial charge in [-0.05, 0) is 24.3 Å². The molecule has 1 amide bonds. The molecule has 1 saturated heterocycles. The Bertz CT molecular complexity index is 1110. The minimum absolute atomic E-state index is 0.00443. The van der Waals surface area contributed by atoms with Crippen LogP contribution < -0.4 is 4.90 Å². The second-order valence-corrected chi connectivity index (χ2v) is 11.0. The summed E-state index contributed by atoms with van der Waals surface area (Å²) in [6.07, 6.45) is 1.20. The first-order valence-corrected chi connectivity index (χ1v) is 12.1. The normalized spacial score (nSPS) is 15.5. The van der Waals surface area contributed by atoms with Gasteiger partial charge in [-0.15, -0.1) is 11.3 Å². The number of thiophene rings is 1. The SMILES string of the molecule is CS(=O)(=O)c1cccc2sc(N3CCN(C(=O)c4ccc(Cl)s4)CC3)nc12. The number of para-hydroxylation sites is 1. The molecule has 1 fully saturated rings. The van der Waals surface area contributed by atoms with Crippen molar-refractivity contribution < 1.29 is 13.2 Å². The van der Waals surface area contributed by atoms with Crippen LogP contribution in [0.1, 0.15) is 9.67 Å². The highest BCUT2D eigenvalue weighted by Crippen LogP contribution is 2.33. The number of sulfone groups is 1. The van der Waals surface area contributed by atoms with Gasteiger partial charge in [0.25, 0.3) is 5.91 Å². The van der Waals surface area contributed by atoms with Crippen molar-refractivity contribution in [3.63, 3.8) is 0 Å². The Kier molecular flexibility index (Phi) is 4.87. The molecule has 10 heteroatoms. The average molecular weight is 442 g/mol. The standard InChI is InChI=1S/C17H16ClN3O3S3/c1-27(23,24)13-4-2-3-11-15(13)19-17(26-11)21-9-7-20(8-10-21)16(22)12-5-6-14(18)25-12/h2-6H,7-10H2,1H3. The predicted octanol–water partition coefficient (Wildman–Crippen LogP) is 3.38. The number of piperazine rings is 1. The van der Waals surface area contributed by atoms with Crippen LogP contribution in [-0.2, 0) is 9.84 Å². The van der Waals surface area contributed by atoms with Crippen molar-refractivity contribution in [2.45, 2.75) is 4.90 Å². The third-order valence-electron chi connectivity index (χ3n) is 4.39. The molecule has 27 heavy (non-hydrogen) atoms. The van der Waals surface area contributed by atoms with Gasteiger partial charge in [0.1, 0.15) is 5.52 Å². The van der Waals surface area contributed by atoms with Crippen molar-refractivity contribution in [3.8, 4) is 0 Å². The van der Waals surface area contributed by atoms with E-state index in [1.165, 1.54) is 28.9 Å². The molecule has 0 unspecified atom stereocenters. The molecule has 1 aliphatic heterocycles. The zero-order valence-electron chi connectivity index (χ0n) is 14.4. The molecule has 0 aliphatic carbocycles. The molecule has 0 bridgehead atoms. The molecule has 3 heterocycles. The molecule has 0 saturated carbocycles. The molecule has 0 spiro atoms. The van der Waals surface area contributed by atoms with Crippen molar-refractivity contribution in [1.29, 1.82) is 0 Å². The molecule has 3 aromatic rings. The van der Waals surface area contributed by atoms with Gasteiger partial charge in [0.2, 0.25) is 0 Å². The number of benzene rings is 1. The van der Waals surface area contributed by atoms with Crippen LogP contribution in [0.25, 0.3) is 10.2 Å². The molecular weight excluding hydrogens is 426 g/mol. The molecule has 1 aromatic carbocycles. The smallest absolute Gasteiger partial charge is 0.264 e. The first kappa shape index (κ1) is 18.7. The number of rotatable bonds is 3. The number of anilines is 1. The molecule has 0 atom stereocenters. The van der Waals surface area contributed by atoms with Gasteiger partial charge in [0.05, 0.1) is 18.8 Å². The highest BCUT2D eigenvalue weighted by atomic mass is 35.5. The zero-order valence-corrected chi connectivity index (χ0v) is 17.6. The third-order valence-corrected chi connectivity index (χ3v) is 7.82. The van der Waals surface area contributed by atoms with E-state index in [1.807, 2.05) is 11.0 Å². The van der Waals surface area contributed by atoms with Crippen LogP contribution in [-0.4, -0.2) is 56.6 Å². The second-order valence-electron chi connectivity index (χ2n) is 6.25. The summed E-state index contributed by atoms with van der Waals surface area (Å²) in [5, 5.41) is 0.785. The van der Waals surface area contributed by atoms with E-state index in [2.05, 4.69) is 9.88 Å². The van der Waals surface area contributed by atoms with E-state index in [4.69, 9.17) is 11.6 Å². The Morgan fingerprint density at radius 3 is 2.48 bits per heavy atom. The zero-order chi connectivity index (χ0) is 19.2. The third kappa shape index (κ3) is 3.69. The number of amides is 1. The van der Waals surface area contributed by atoms with Crippen molar-refractivity contribution in [1.82, 2.24) is 9.88 Å². The van der Waals surface area contributed by atoms with Gasteiger partial charge in [-0.25, -0.2) is 13.4 Å². The summed E-state index contributed by atoms with van der Waals surface area (Å²) in [7, 11) is -3.33. The quantitative estimate of drug-likeness (QED) is 0.623. The highest BCUT2D eigenvalue weighted by Gasteiger charge is 2.25. The van der Waals surface area contributed by atoms with Crippen LogP contribution in [0.3, 0.4) is 0 Å². The fourth-order valence-electron chi connectivity index (χ4n) is 3.03. The first-order chi connectivity index (χ1) is 12.8.